The lowest BCUT2D eigenvalue weighted by atomic mass is 10.2. The molecule has 1 aliphatic rings. The molecule has 0 aromatic carbocycles. The molecule has 96 valence electrons. The molecular formula is C12H14BrN3OS. The highest BCUT2D eigenvalue weighted by atomic mass is 79.9. The smallest absolute Gasteiger partial charge is 0.109 e. The van der Waals surface area contributed by atoms with Gasteiger partial charge in [-0.05, 0) is 22.0 Å². The largest absolute Gasteiger partial charge is 0.375 e. The van der Waals surface area contributed by atoms with Crippen LogP contribution in [-0.4, -0.2) is 35.8 Å². The molecule has 1 unspecified atom stereocenters. The zero-order valence-corrected chi connectivity index (χ0v) is 12.2. The van der Waals surface area contributed by atoms with Crippen molar-refractivity contribution in [3.63, 3.8) is 0 Å². The Balaban J connectivity index is 1.69. The third-order valence-electron chi connectivity index (χ3n) is 2.89. The zero-order chi connectivity index (χ0) is 12.4. The summed E-state index contributed by atoms with van der Waals surface area (Å²) in [6.45, 7) is 2.64. The van der Waals surface area contributed by atoms with E-state index in [9.17, 15) is 0 Å². The number of nitrogens with one attached hydrogen (secondary N) is 2. The second-order valence-corrected chi connectivity index (χ2v) is 6.10. The molecule has 2 aromatic heterocycles. The first kappa shape index (κ1) is 12.3. The lowest BCUT2D eigenvalue weighted by Gasteiger charge is -2.22. The Morgan fingerprint density at radius 3 is 3.22 bits per heavy atom. The standard InChI is InChI=1S/C12H14BrN3OS/c13-8-3-11(18-7-8)10-6-15-12(16-10)4-9-5-14-1-2-17-9/h3,6-7,9,14H,1-2,4-5H2,(H,15,16). The van der Waals surface area contributed by atoms with Crippen LogP contribution >= 0.6 is 27.3 Å². The van der Waals surface area contributed by atoms with Gasteiger partial charge in [-0.2, -0.15) is 0 Å². The summed E-state index contributed by atoms with van der Waals surface area (Å²) in [4.78, 5) is 8.98. The van der Waals surface area contributed by atoms with Crippen LogP contribution < -0.4 is 5.32 Å². The van der Waals surface area contributed by atoms with Gasteiger partial charge < -0.3 is 15.0 Å². The number of imidazole rings is 1. The van der Waals surface area contributed by atoms with E-state index in [0.29, 0.717) is 0 Å². The number of aromatic nitrogens is 2. The Kier molecular flexibility index (Phi) is 3.79. The van der Waals surface area contributed by atoms with Crippen LogP contribution in [0, 0.1) is 0 Å². The molecule has 0 spiro atoms. The van der Waals surface area contributed by atoms with E-state index < -0.39 is 0 Å². The molecule has 2 N–H and O–H groups in total. The average Bonchev–Trinajstić information content (AvgIpc) is 2.99. The van der Waals surface area contributed by atoms with Crippen LogP contribution in [0.2, 0.25) is 0 Å². The minimum absolute atomic E-state index is 0.229. The quantitative estimate of drug-likeness (QED) is 0.910. The normalized spacial score (nSPS) is 20.2. The maximum Gasteiger partial charge on any atom is 0.109 e. The van der Waals surface area contributed by atoms with Gasteiger partial charge in [0.15, 0.2) is 0 Å². The fourth-order valence-corrected chi connectivity index (χ4v) is 3.41. The number of ether oxygens (including phenoxy) is 1. The van der Waals surface area contributed by atoms with Gasteiger partial charge in [-0.15, -0.1) is 11.3 Å². The number of H-pyrrole nitrogens is 1. The van der Waals surface area contributed by atoms with Gasteiger partial charge in [-0.1, -0.05) is 0 Å². The molecule has 0 saturated carbocycles. The highest BCUT2D eigenvalue weighted by Gasteiger charge is 2.16. The van der Waals surface area contributed by atoms with Crippen molar-refractivity contribution in [3.8, 4) is 10.6 Å². The second kappa shape index (κ2) is 5.52. The van der Waals surface area contributed by atoms with Crippen molar-refractivity contribution in [1.82, 2.24) is 15.3 Å². The molecule has 0 amide bonds. The van der Waals surface area contributed by atoms with E-state index in [0.717, 1.165) is 42.1 Å². The van der Waals surface area contributed by atoms with Crippen molar-refractivity contribution in [3.05, 3.63) is 27.9 Å². The summed E-state index contributed by atoms with van der Waals surface area (Å²) in [5.41, 5.74) is 1.07. The van der Waals surface area contributed by atoms with E-state index in [2.05, 4.69) is 42.7 Å². The molecule has 2 aromatic rings. The van der Waals surface area contributed by atoms with Gasteiger partial charge in [0.05, 0.1) is 29.5 Å². The van der Waals surface area contributed by atoms with E-state index >= 15 is 0 Å². The molecular weight excluding hydrogens is 314 g/mol. The number of thiophene rings is 1. The van der Waals surface area contributed by atoms with E-state index in [4.69, 9.17) is 4.74 Å². The molecule has 18 heavy (non-hydrogen) atoms. The van der Waals surface area contributed by atoms with Gasteiger partial charge in [-0.25, -0.2) is 4.98 Å². The van der Waals surface area contributed by atoms with E-state index in [1.807, 2.05) is 6.20 Å². The topological polar surface area (TPSA) is 49.9 Å². The van der Waals surface area contributed by atoms with Gasteiger partial charge in [-0.3, -0.25) is 0 Å². The van der Waals surface area contributed by atoms with Crippen LogP contribution in [0.15, 0.2) is 22.1 Å². The first-order valence-electron chi connectivity index (χ1n) is 5.92. The van der Waals surface area contributed by atoms with Crippen LogP contribution in [0.4, 0.5) is 0 Å². The first-order chi connectivity index (χ1) is 8.81. The van der Waals surface area contributed by atoms with Crippen LogP contribution in [-0.2, 0) is 11.2 Å². The lowest BCUT2D eigenvalue weighted by Crippen LogP contribution is -2.39. The fraction of sp³-hybridized carbons (Fsp3) is 0.417. The zero-order valence-electron chi connectivity index (χ0n) is 9.78. The maximum atomic E-state index is 5.67. The molecule has 0 radical (unpaired) electrons. The summed E-state index contributed by atoms with van der Waals surface area (Å²) >= 11 is 5.16. The minimum Gasteiger partial charge on any atom is -0.375 e. The van der Waals surface area contributed by atoms with Crippen molar-refractivity contribution in [2.45, 2.75) is 12.5 Å². The van der Waals surface area contributed by atoms with Gasteiger partial charge in [0, 0.05) is 29.4 Å². The molecule has 3 rings (SSSR count). The number of hydrogen-bond acceptors (Lipinski definition) is 4. The molecule has 6 heteroatoms. The second-order valence-electron chi connectivity index (χ2n) is 4.27. The van der Waals surface area contributed by atoms with E-state index in [1.165, 1.54) is 4.88 Å². The molecule has 0 aliphatic carbocycles. The van der Waals surface area contributed by atoms with Crippen LogP contribution in [0.5, 0.6) is 0 Å². The van der Waals surface area contributed by atoms with Crippen LogP contribution in [0.1, 0.15) is 5.82 Å². The molecule has 3 heterocycles. The molecule has 1 saturated heterocycles. The van der Waals surface area contributed by atoms with Crippen molar-refractivity contribution in [2.75, 3.05) is 19.7 Å². The Morgan fingerprint density at radius 1 is 1.56 bits per heavy atom. The lowest BCUT2D eigenvalue weighted by molar-refractivity contribution is 0.0281. The van der Waals surface area contributed by atoms with Gasteiger partial charge in [0.1, 0.15) is 5.82 Å². The predicted octanol–water partition coefficient (Wildman–Crippen LogP) is 2.43. The van der Waals surface area contributed by atoms with Crippen LogP contribution in [0.3, 0.4) is 0 Å². The summed E-state index contributed by atoms with van der Waals surface area (Å²) in [6.07, 6.45) is 2.96. The Hall–Kier alpha value is -0.690. The first-order valence-corrected chi connectivity index (χ1v) is 7.59. The number of aromatic amines is 1. The summed E-state index contributed by atoms with van der Waals surface area (Å²) < 4.78 is 6.78. The van der Waals surface area contributed by atoms with Crippen molar-refractivity contribution >= 4 is 27.3 Å². The molecule has 1 atom stereocenters. The third kappa shape index (κ3) is 2.83. The summed E-state index contributed by atoms with van der Waals surface area (Å²) in [7, 11) is 0. The average molecular weight is 328 g/mol. The fourth-order valence-electron chi connectivity index (χ4n) is 2.01. The third-order valence-corrected chi connectivity index (χ3v) is 4.61. The van der Waals surface area contributed by atoms with Crippen molar-refractivity contribution in [2.24, 2.45) is 0 Å². The minimum atomic E-state index is 0.229. The number of halogens is 1. The number of rotatable bonds is 3. The molecule has 1 fully saturated rings. The predicted molar refractivity (Wildman–Crippen MR) is 75.9 cm³/mol. The highest BCUT2D eigenvalue weighted by molar-refractivity contribution is 9.10. The van der Waals surface area contributed by atoms with Crippen LogP contribution in [0.25, 0.3) is 10.6 Å². The van der Waals surface area contributed by atoms with E-state index in [-0.39, 0.29) is 6.10 Å². The van der Waals surface area contributed by atoms with Gasteiger partial charge in [0.25, 0.3) is 0 Å². The monoisotopic (exact) mass is 327 g/mol. The number of hydrogen-bond donors (Lipinski definition) is 2. The highest BCUT2D eigenvalue weighted by Crippen LogP contribution is 2.28. The van der Waals surface area contributed by atoms with Gasteiger partial charge >= 0.3 is 0 Å². The summed E-state index contributed by atoms with van der Waals surface area (Å²) in [5, 5.41) is 5.40. The Labute approximate surface area is 118 Å². The van der Waals surface area contributed by atoms with Crippen molar-refractivity contribution in [1.29, 1.82) is 0 Å². The Morgan fingerprint density at radius 2 is 2.50 bits per heavy atom. The Bertz CT molecular complexity index is 519. The van der Waals surface area contributed by atoms with E-state index in [1.54, 1.807) is 11.3 Å². The molecule has 4 nitrogen and oxygen atoms in total. The maximum absolute atomic E-state index is 5.67. The SMILES string of the molecule is Brc1csc(-c2cnc(CC3CNCCO3)[nH]2)c1. The number of morpholine rings is 1. The summed E-state index contributed by atoms with van der Waals surface area (Å²) in [6, 6.07) is 2.10. The number of nitrogens with zero attached hydrogens (tertiary/aromatic N) is 1. The van der Waals surface area contributed by atoms with Gasteiger partial charge in [0.2, 0.25) is 0 Å². The molecule has 1 aliphatic heterocycles. The van der Waals surface area contributed by atoms with Crippen molar-refractivity contribution < 1.29 is 4.74 Å². The molecule has 0 bridgehead atoms. The summed E-state index contributed by atoms with van der Waals surface area (Å²) in [5.74, 6) is 0.989.